The van der Waals surface area contributed by atoms with Gasteiger partial charge in [0.2, 0.25) is 0 Å². The zero-order valence-corrected chi connectivity index (χ0v) is 14.7. The van der Waals surface area contributed by atoms with Crippen LogP contribution in [0, 0.1) is 0 Å². The molecule has 0 unspecified atom stereocenters. The molecular formula is C19H14ClNS2. The van der Waals surface area contributed by atoms with Crippen molar-refractivity contribution < 1.29 is 0 Å². The average molecular weight is 356 g/mol. The second-order valence-corrected chi connectivity index (χ2v) is 8.00. The van der Waals surface area contributed by atoms with Gasteiger partial charge < -0.3 is 0 Å². The first-order valence-corrected chi connectivity index (χ1v) is 9.56. The number of hydrogen-bond donors (Lipinski definition) is 0. The van der Waals surface area contributed by atoms with Crippen LogP contribution in [0.1, 0.15) is 22.1 Å². The summed E-state index contributed by atoms with van der Waals surface area (Å²) in [5.41, 5.74) is 3.47. The SMILES string of the molecule is Clc1cccc([C@@H]2CC(c3cccs3)=Nc3ccccc3S2)c1. The lowest BCUT2D eigenvalue weighted by atomic mass is 10.1. The summed E-state index contributed by atoms with van der Waals surface area (Å²) in [5, 5.41) is 3.21. The molecule has 4 rings (SSSR count). The first kappa shape index (κ1) is 15.0. The van der Waals surface area contributed by atoms with Crippen molar-refractivity contribution in [3.63, 3.8) is 0 Å². The van der Waals surface area contributed by atoms with E-state index < -0.39 is 0 Å². The Morgan fingerprint density at radius 2 is 1.91 bits per heavy atom. The number of nitrogens with zero attached hydrogens (tertiary/aromatic N) is 1. The van der Waals surface area contributed by atoms with Gasteiger partial charge in [0, 0.05) is 26.5 Å². The fraction of sp³-hybridized carbons (Fsp3) is 0.105. The smallest absolute Gasteiger partial charge is 0.0769 e. The lowest BCUT2D eigenvalue weighted by Gasteiger charge is -2.16. The van der Waals surface area contributed by atoms with E-state index in [-0.39, 0.29) is 0 Å². The van der Waals surface area contributed by atoms with Gasteiger partial charge in [0.15, 0.2) is 0 Å². The summed E-state index contributed by atoms with van der Waals surface area (Å²) in [6, 6.07) is 20.8. The quantitative estimate of drug-likeness (QED) is 0.494. The van der Waals surface area contributed by atoms with Gasteiger partial charge in [-0.15, -0.1) is 23.1 Å². The van der Waals surface area contributed by atoms with Gasteiger partial charge in [-0.25, -0.2) is 0 Å². The molecular weight excluding hydrogens is 342 g/mol. The van der Waals surface area contributed by atoms with Crippen molar-refractivity contribution in [3.8, 4) is 0 Å². The Balaban J connectivity index is 1.80. The maximum atomic E-state index is 6.20. The van der Waals surface area contributed by atoms with E-state index in [1.165, 1.54) is 15.3 Å². The molecule has 1 aromatic heterocycles. The van der Waals surface area contributed by atoms with E-state index >= 15 is 0 Å². The highest BCUT2D eigenvalue weighted by Crippen LogP contribution is 2.46. The van der Waals surface area contributed by atoms with E-state index in [9.17, 15) is 0 Å². The molecule has 1 nitrogen and oxygen atoms in total. The third-order valence-electron chi connectivity index (χ3n) is 3.79. The second-order valence-electron chi connectivity index (χ2n) is 5.37. The molecule has 1 aliphatic heterocycles. The molecule has 0 fully saturated rings. The summed E-state index contributed by atoms with van der Waals surface area (Å²) in [5.74, 6) is 0. The molecule has 2 aromatic carbocycles. The highest BCUT2D eigenvalue weighted by Gasteiger charge is 2.22. The lowest BCUT2D eigenvalue weighted by Crippen LogP contribution is -2.03. The van der Waals surface area contributed by atoms with Gasteiger partial charge in [0.25, 0.3) is 0 Å². The molecule has 3 aromatic rings. The highest BCUT2D eigenvalue weighted by molar-refractivity contribution is 7.99. The summed E-state index contributed by atoms with van der Waals surface area (Å²) >= 11 is 9.82. The lowest BCUT2D eigenvalue weighted by molar-refractivity contribution is 1.01. The van der Waals surface area contributed by atoms with Crippen molar-refractivity contribution in [3.05, 3.63) is 81.5 Å². The molecule has 0 amide bonds. The fourth-order valence-electron chi connectivity index (χ4n) is 2.70. The van der Waals surface area contributed by atoms with Gasteiger partial charge in [-0.2, -0.15) is 0 Å². The van der Waals surface area contributed by atoms with Crippen LogP contribution in [0.5, 0.6) is 0 Å². The van der Waals surface area contributed by atoms with Crippen molar-refractivity contribution in [1.82, 2.24) is 0 Å². The number of rotatable bonds is 2. The normalized spacial score (nSPS) is 17.3. The van der Waals surface area contributed by atoms with Crippen molar-refractivity contribution in [1.29, 1.82) is 0 Å². The Labute approximate surface area is 149 Å². The van der Waals surface area contributed by atoms with Crippen LogP contribution in [0.3, 0.4) is 0 Å². The maximum Gasteiger partial charge on any atom is 0.0769 e. The molecule has 0 saturated heterocycles. The predicted octanol–water partition coefficient (Wildman–Crippen LogP) is 6.76. The number of benzene rings is 2. The number of fused-ring (bicyclic) bond motifs is 1. The van der Waals surface area contributed by atoms with Crippen molar-refractivity contribution in [2.45, 2.75) is 16.6 Å². The zero-order chi connectivity index (χ0) is 15.6. The number of hydrogen-bond acceptors (Lipinski definition) is 3. The molecule has 23 heavy (non-hydrogen) atoms. The van der Waals surface area contributed by atoms with Crippen LogP contribution in [0.15, 0.2) is 75.9 Å². The second kappa shape index (κ2) is 6.52. The molecule has 114 valence electrons. The summed E-state index contributed by atoms with van der Waals surface area (Å²) in [6.07, 6.45) is 0.903. The fourth-order valence-corrected chi connectivity index (χ4v) is 4.85. The first-order chi connectivity index (χ1) is 11.3. The standard InChI is InChI=1S/C19H14ClNS2/c20-14-6-3-5-13(11-14)19-12-16(17-9-4-10-22-17)21-15-7-1-2-8-18(15)23-19/h1-11,19H,12H2/t19-/m0/s1. The zero-order valence-electron chi connectivity index (χ0n) is 12.3. The Bertz CT molecular complexity index is 855. The third kappa shape index (κ3) is 3.23. The summed E-state index contributed by atoms with van der Waals surface area (Å²) < 4.78 is 0. The molecule has 1 atom stereocenters. The van der Waals surface area contributed by atoms with Crippen molar-refractivity contribution >= 4 is 46.1 Å². The van der Waals surface area contributed by atoms with Crippen LogP contribution in [-0.4, -0.2) is 5.71 Å². The predicted molar refractivity (Wildman–Crippen MR) is 102 cm³/mol. The molecule has 0 spiro atoms. The molecule has 0 bridgehead atoms. The molecule has 0 radical (unpaired) electrons. The third-order valence-corrected chi connectivity index (χ3v) is 6.27. The summed E-state index contributed by atoms with van der Waals surface area (Å²) in [7, 11) is 0. The molecule has 4 heteroatoms. The molecule has 2 heterocycles. The minimum absolute atomic E-state index is 0.318. The van der Waals surface area contributed by atoms with Crippen LogP contribution < -0.4 is 0 Å². The number of para-hydroxylation sites is 1. The van der Waals surface area contributed by atoms with Crippen LogP contribution in [-0.2, 0) is 0 Å². The Kier molecular flexibility index (Phi) is 4.25. The minimum Gasteiger partial charge on any atom is -0.251 e. The van der Waals surface area contributed by atoms with E-state index in [0.717, 1.165) is 22.8 Å². The van der Waals surface area contributed by atoms with E-state index in [2.05, 4.69) is 53.9 Å². The number of thiophene rings is 1. The Morgan fingerprint density at radius 3 is 2.74 bits per heavy atom. The number of aliphatic imine (C=N–C) groups is 1. The average Bonchev–Trinajstić information content (AvgIpc) is 3.02. The molecule has 0 N–H and O–H groups in total. The Hall–Kier alpha value is -1.55. The molecule has 0 saturated carbocycles. The summed E-state index contributed by atoms with van der Waals surface area (Å²) in [6.45, 7) is 0. The van der Waals surface area contributed by atoms with Gasteiger partial charge in [-0.1, -0.05) is 41.9 Å². The molecule has 1 aliphatic rings. The largest absolute Gasteiger partial charge is 0.251 e. The van der Waals surface area contributed by atoms with Crippen LogP contribution >= 0.6 is 34.7 Å². The van der Waals surface area contributed by atoms with E-state index in [0.29, 0.717) is 5.25 Å². The van der Waals surface area contributed by atoms with Gasteiger partial charge in [-0.05, 0) is 41.3 Å². The van der Waals surface area contributed by atoms with Gasteiger partial charge in [0.05, 0.1) is 11.4 Å². The van der Waals surface area contributed by atoms with Gasteiger partial charge >= 0.3 is 0 Å². The van der Waals surface area contributed by atoms with Crippen LogP contribution in [0.25, 0.3) is 0 Å². The van der Waals surface area contributed by atoms with Crippen LogP contribution in [0.2, 0.25) is 5.02 Å². The summed E-state index contributed by atoms with van der Waals surface area (Å²) in [4.78, 5) is 7.42. The van der Waals surface area contributed by atoms with Gasteiger partial charge in [-0.3, -0.25) is 4.99 Å². The number of thioether (sulfide) groups is 1. The van der Waals surface area contributed by atoms with Crippen molar-refractivity contribution in [2.75, 3.05) is 0 Å². The first-order valence-electron chi connectivity index (χ1n) is 7.42. The molecule has 0 aliphatic carbocycles. The minimum atomic E-state index is 0.318. The van der Waals surface area contributed by atoms with E-state index in [1.54, 1.807) is 11.3 Å². The Morgan fingerprint density at radius 1 is 1.00 bits per heavy atom. The van der Waals surface area contributed by atoms with Gasteiger partial charge in [0.1, 0.15) is 0 Å². The number of halogens is 1. The topological polar surface area (TPSA) is 12.4 Å². The highest BCUT2D eigenvalue weighted by atomic mass is 35.5. The monoisotopic (exact) mass is 355 g/mol. The van der Waals surface area contributed by atoms with E-state index in [4.69, 9.17) is 16.6 Å². The maximum absolute atomic E-state index is 6.20. The van der Waals surface area contributed by atoms with Crippen LogP contribution in [0.4, 0.5) is 5.69 Å². The van der Waals surface area contributed by atoms with E-state index in [1.807, 2.05) is 23.9 Å². The van der Waals surface area contributed by atoms with Crippen molar-refractivity contribution in [2.24, 2.45) is 4.99 Å².